The molecule has 0 fully saturated rings. The minimum Gasteiger partial charge on any atom is -0.489 e. The van der Waals surface area contributed by atoms with E-state index in [2.05, 4.69) is 11.8 Å². The van der Waals surface area contributed by atoms with E-state index in [9.17, 15) is 8.78 Å². The Morgan fingerprint density at radius 2 is 1.90 bits per heavy atom. The van der Waals surface area contributed by atoms with Gasteiger partial charge in [-0.2, -0.15) is 0 Å². The van der Waals surface area contributed by atoms with Crippen molar-refractivity contribution in [2.45, 2.75) is 13.5 Å². The summed E-state index contributed by atoms with van der Waals surface area (Å²) < 4.78 is 32.2. The van der Waals surface area contributed by atoms with Crippen molar-refractivity contribution in [2.75, 3.05) is 6.61 Å². The fourth-order valence-electron chi connectivity index (χ4n) is 1.84. The Bertz CT molecular complexity index is 700. The maximum Gasteiger partial charge on any atom is 0.126 e. The van der Waals surface area contributed by atoms with Crippen LogP contribution >= 0.6 is 0 Å². The molecule has 2 aromatic carbocycles. The van der Waals surface area contributed by atoms with Crippen LogP contribution in [0, 0.1) is 30.4 Å². The van der Waals surface area contributed by atoms with E-state index in [-0.39, 0.29) is 19.0 Å². The summed E-state index contributed by atoms with van der Waals surface area (Å²) >= 11 is 0. The van der Waals surface area contributed by atoms with Crippen LogP contribution in [0.15, 0.2) is 36.4 Å². The fraction of sp³-hybridized carbons (Fsp3) is 0.176. The van der Waals surface area contributed by atoms with Gasteiger partial charge in [-0.05, 0) is 42.3 Å². The van der Waals surface area contributed by atoms with Gasteiger partial charge in [0.25, 0.3) is 0 Å². The second-order valence-corrected chi connectivity index (χ2v) is 4.51. The van der Waals surface area contributed by atoms with Crippen molar-refractivity contribution in [3.05, 3.63) is 64.7 Å². The Morgan fingerprint density at radius 3 is 2.67 bits per heavy atom. The molecule has 0 saturated heterocycles. The number of hydrogen-bond acceptors (Lipinski definition) is 2. The van der Waals surface area contributed by atoms with Crippen molar-refractivity contribution in [3.63, 3.8) is 0 Å². The van der Waals surface area contributed by atoms with Crippen LogP contribution in [0.5, 0.6) is 5.75 Å². The first-order valence-electron chi connectivity index (χ1n) is 6.36. The van der Waals surface area contributed by atoms with Crippen molar-refractivity contribution in [2.24, 2.45) is 0 Å². The zero-order chi connectivity index (χ0) is 15.2. The van der Waals surface area contributed by atoms with Gasteiger partial charge in [0.2, 0.25) is 0 Å². The number of benzene rings is 2. The molecule has 0 aliphatic rings. The van der Waals surface area contributed by atoms with E-state index in [1.807, 2.05) is 0 Å². The molecule has 2 aromatic rings. The normalized spacial score (nSPS) is 9.90. The monoisotopic (exact) mass is 288 g/mol. The number of aliphatic hydroxyl groups is 1. The fourth-order valence-corrected chi connectivity index (χ4v) is 1.84. The number of ether oxygens (including phenoxy) is 1. The predicted molar refractivity (Wildman–Crippen MR) is 75.8 cm³/mol. The smallest absolute Gasteiger partial charge is 0.126 e. The van der Waals surface area contributed by atoms with E-state index in [1.165, 1.54) is 24.3 Å². The van der Waals surface area contributed by atoms with E-state index in [4.69, 9.17) is 9.84 Å². The summed E-state index contributed by atoms with van der Waals surface area (Å²) in [5, 5.41) is 8.65. The maximum atomic E-state index is 13.5. The van der Waals surface area contributed by atoms with Crippen LogP contribution in [-0.2, 0) is 6.61 Å². The molecule has 0 amide bonds. The third kappa shape index (κ3) is 4.30. The van der Waals surface area contributed by atoms with Gasteiger partial charge in [0, 0.05) is 11.6 Å². The maximum absolute atomic E-state index is 13.5. The van der Waals surface area contributed by atoms with Crippen molar-refractivity contribution in [1.29, 1.82) is 0 Å². The molecule has 108 valence electrons. The lowest BCUT2D eigenvalue weighted by Gasteiger charge is -2.09. The first kappa shape index (κ1) is 15.0. The van der Waals surface area contributed by atoms with Crippen LogP contribution in [0.25, 0.3) is 0 Å². The minimum absolute atomic E-state index is 0.107. The number of hydrogen-bond donors (Lipinski definition) is 1. The molecule has 0 heterocycles. The predicted octanol–water partition coefficient (Wildman–Crippen LogP) is 3.20. The highest BCUT2D eigenvalue weighted by Crippen LogP contribution is 2.20. The highest BCUT2D eigenvalue weighted by molar-refractivity contribution is 5.38. The average Bonchev–Trinajstić information content (AvgIpc) is 2.45. The zero-order valence-electron chi connectivity index (χ0n) is 11.5. The van der Waals surface area contributed by atoms with Crippen LogP contribution in [0.2, 0.25) is 0 Å². The second kappa shape index (κ2) is 6.87. The number of rotatable bonds is 3. The molecular weight excluding hydrogens is 274 g/mol. The summed E-state index contributed by atoms with van der Waals surface area (Å²) in [6.45, 7) is 1.62. The summed E-state index contributed by atoms with van der Waals surface area (Å²) in [5.74, 6) is 4.69. The minimum atomic E-state index is -0.436. The summed E-state index contributed by atoms with van der Waals surface area (Å²) in [5.41, 5.74) is 1.84. The summed E-state index contributed by atoms with van der Waals surface area (Å²) in [6, 6.07) is 8.54. The summed E-state index contributed by atoms with van der Waals surface area (Å²) in [6.07, 6.45) is 0. The van der Waals surface area contributed by atoms with E-state index in [1.54, 1.807) is 19.1 Å². The van der Waals surface area contributed by atoms with Crippen molar-refractivity contribution in [1.82, 2.24) is 0 Å². The quantitative estimate of drug-likeness (QED) is 0.879. The Balaban J connectivity index is 2.16. The summed E-state index contributed by atoms with van der Waals surface area (Å²) in [7, 11) is 0. The van der Waals surface area contributed by atoms with Gasteiger partial charge in [0.05, 0.1) is 0 Å². The Labute approximate surface area is 122 Å². The molecule has 2 rings (SSSR count). The standard InChI is InChI=1S/C17H14F2O2/c1-12-4-5-15(18)10-17(12)21-11-14-7-13(3-2-6-20)8-16(19)9-14/h4-5,7-10,20H,6,11H2,1H3. The van der Waals surface area contributed by atoms with Crippen molar-refractivity contribution < 1.29 is 18.6 Å². The third-order valence-corrected chi connectivity index (χ3v) is 2.81. The number of aliphatic hydroxyl groups excluding tert-OH is 1. The zero-order valence-corrected chi connectivity index (χ0v) is 11.5. The first-order chi connectivity index (χ1) is 10.1. The van der Waals surface area contributed by atoms with Crippen LogP contribution in [0.4, 0.5) is 8.78 Å². The molecule has 0 spiro atoms. The Hall–Kier alpha value is -2.38. The van der Waals surface area contributed by atoms with Gasteiger partial charge in [-0.1, -0.05) is 17.9 Å². The van der Waals surface area contributed by atoms with Gasteiger partial charge < -0.3 is 9.84 Å². The molecule has 0 bridgehead atoms. The SMILES string of the molecule is Cc1ccc(F)cc1OCc1cc(F)cc(C#CCO)c1. The van der Waals surface area contributed by atoms with Crippen LogP contribution in [0.1, 0.15) is 16.7 Å². The van der Waals surface area contributed by atoms with E-state index >= 15 is 0 Å². The molecule has 0 saturated carbocycles. The molecule has 0 aliphatic heterocycles. The average molecular weight is 288 g/mol. The lowest BCUT2D eigenvalue weighted by Crippen LogP contribution is -1.99. The molecule has 0 unspecified atom stereocenters. The highest BCUT2D eigenvalue weighted by Gasteiger charge is 2.04. The second-order valence-electron chi connectivity index (χ2n) is 4.51. The number of aryl methyl sites for hydroxylation is 1. The number of halogens is 2. The molecule has 2 nitrogen and oxygen atoms in total. The molecule has 0 atom stereocenters. The van der Waals surface area contributed by atoms with Crippen LogP contribution < -0.4 is 4.74 Å². The van der Waals surface area contributed by atoms with Gasteiger partial charge in [0.1, 0.15) is 30.6 Å². The lowest BCUT2D eigenvalue weighted by atomic mass is 10.1. The van der Waals surface area contributed by atoms with Crippen LogP contribution in [-0.4, -0.2) is 11.7 Å². The topological polar surface area (TPSA) is 29.5 Å². The van der Waals surface area contributed by atoms with E-state index < -0.39 is 5.82 Å². The van der Waals surface area contributed by atoms with Gasteiger partial charge in [-0.3, -0.25) is 0 Å². The first-order valence-corrected chi connectivity index (χ1v) is 6.36. The Morgan fingerprint density at radius 1 is 1.10 bits per heavy atom. The molecule has 4 heteroatoms. The van der Waals surface area contributed by atoms with Gasteiger partial charge in [-0.15, -0.1) is 0 Å². The van der Waals surface area contributed by atoms with Crippen LogP contribution in [0.3, 0.4) is 0 Å². The van der Waals surface area contributed by atoms with Gasteiger partial charge in [0.15, 0.2) is 0 Å². The van der Waals surface area contributed by atoms with Gasteiger partial charge in [-0.25, -0.2) is 8.78 Å². The van der Waals surface area contributed by atoms with E-state index in [0.717, 1.165) is 5.56 Å². The van der Waals surface area contributed by atoms with Gasteiger partial charge >= 0.3 is 0 Å². The third-order valence-electron chi connectivity index (χ3n) is 2.81. The summed E-state index contributed by atoms with van der Waals surface area (Å²) in [4.78, 5) is 0. The van der Waals surface area contributed by atoms with Crippen molar-refractivity contribution in [3.8, 4) is 17.6 Å². The highest BCUT2D eigenvalue weighted by atomic mass is 19.1. The molecule has 0 radical (unpaired) electrons. The molecular formula is C17H14F2O2. The van der Waals surface area contributed by atoms with E-state index in [0.29, 0.717) is 16.9 Å². The molecule has 0 aliphatic carbocycles. The lowest BCUT2D eigenvalue weighted by molar-refractivity contribution is 0.302. The molecule has 1 N–H and O–H groups in total. The molecule has 0 aromatic heterocycles. The molecule has 21 heavy (non-hydrogen) atoms. The van der Waals surface area contributed by atoms with Crippen molar-refractivity contribution >= 4 is 0 Å². The Kier molecular flexibility index (Phi) is 4.91. The largest absolute Gasteiger partial charge is 0.489 e.